The number of halogens is 1. The van der Waals surface area contributed by atoms with E-state index in [1.54, 1.807) is 0 Å². The van der Waals surface area contributed by atoms with Crippen molar-refractivity contribution in [2.24, 2.45) is 0 Å². The van der Waals surface area contributed by atoms with E-state index in [0.717, 1.165) is 30.3 Å². The predicted molar refractivity (Wildman–Crippen MR) is 107 cm³/mol. The van der Waals surface area contributed by atoms with E-state index in [-0.39, 0.29) is 12.0 Å². The van der Waals surface area contributed by atoms with Crippen LogP contribution in [0, 0.1) is 0 Å². The van der Waals surface area contributed by atoms with Gasteiger partial charge >= 0.3 is 0 Å². The van der Waals surface area contributed by atoms with Crippen molar-refractivity contribution in [1.82, 2.24) is 4.90 Å². The first-order chi connectivity index (χ1) is 12.7. The monoisotopic (exact) mass is 387 g/mol. The number of carbonyl (C=O) groups is 1. The zero-order valence-electron chi connectivity index (χ0n) is 14.6. The first kappa shape index (κ1) is 17.9. The third kappa shape index (κ3) is 3.78. The Bertz CT molecular complexity index is 797. The summed E-state index contributed by atoms with van der Waals surface area (Å²) >= 11 is 8.25. The van der Waals surface area contributed by atoms with E-state index < -0.39 is 0 Å². The summed E-state index contributed by atoms with van der Waals surface area (Å²) in [5.74, 6) is 1.05. The summed E-state index contributed by atoms with van der Waals surface area (Å²) in [6.45, 7) is 2.05. The van der Waals surface area contributed by atoms with Crippen molar-refractivity contribution in [1.29, 1.82) is 0 Å². The van der Waals surface area contributed by atoms with Crippen LogP contribution in [0.25, 0.3) is 0 Å². The zero-order chi connectivity index (χ0) is 17.9. The molecular weight excluding hydrogens is 366 g/mol. The van der Waals surface area contributed by atoms with Gasteiger partial charge in [0.05, 0.1) is 6.61 Å². The summed E-state index contributed by atoms with van der Waals surface area (Å²) in [4.78, 5) is 15.0. The smallest absolute Gasteiger partial charge is 0.252 e. The molecule has 0 aliphatic carbocycles. The maximum atomic E-state index is 13.0. The molecule has 1 amide bonds. The molecule has 2 aromatic rings. The van der Waals surface area contributed by atoms with Crippen LogP contribution in [0.2, 0.25) is 5.02 Å². The average molecular weight is 388 g/mol. The number of hydrogen-bond acceptors (Lipinski definition) is 3. The zero-order valence-corrected chi connectivity index (χ0v) is 16.1. The van der Waals surface area contributed by atoms with Crippen LogP contribution in [-0.2, 0) is 22.6 Å². The summed E-state index contributed by atoms with van der Waals surface area (Å²) in [5.41, 5.74) is 3.60. The Kier molecular flexibility index (Phi) is 5.53. The van der Waals surface area contributed by atoms with Crippen molar-refractivity contribution >= 4 is 29.3 Å². The van der Waals surface area contributed by atoms with E-state index in [2.05, 4.69) is 18.2 Å². The predicted octanol–water partition coefficient (Wildman–Crippen LogP) is 4.49. The Labute approximate surface area is 163 Å². The van der Waals surface area contributed by atoms with Crippen LogP contribution in [0.15, 0.2) is 48.5 Å². The fourth-order valence-corrected chi connectivity index (χ4v) is 5.28. The molecule has 2 atom stereocenters. The molecule has 0 N–H and O–H groups in total. The van der Waals surface area contributed by atoms with Gasteiger partial charge in [-0.3, -0.25) is 4.79 Å². The normalized spacial score (nSPS) is 23.2. The van der Waals surface area contributed by atoms with Gasteiger partial charge in [0.1, 0.15) is 6.10 Å². The second-order valence-electron chi connectivity index (χ2n) is 6.77. The van der Waals surface area contributed by atoms with Crippen molar-refractivity contribution in [2.75, 3.05) is 18.8 Å². The van der Waals surface area contributed by atoms with Gasteiger partial charge in [-0.2, -0.15) is 11.8 Å². The largest absolute Gasteiger partial charge is 0.363 e. The third-order valence-electron chi connectivity index (χ3n) is 5.14. The highest BCUT2D eigenvalue weighted by Gasteiger charge is 2.31. The molecule has 5 heteroatoms. The molecule has 136 valence electrons. The van der Waals surface area contributed by atoms with Gasteiger partial charge in [0, 0.05) is 35.5 Å². The highest BCUT2D eigenvalue weighted by Crippen LogP contribution is 2.38. The maximum absolute atomic E-state index is 13.0. The minimum absolute atomic E-state index is 0.125. The average Bonchev–Trinajstić information content (AvgIpc) is 2.93. The minimum atomic E-state index is -0.355. The molecule has 4 rings (SSSR count). The van der Waals surface area contributed by atoms with Gasteiger partial charge in [-0.15, -0.1) is 0 Å². The number of amides is 1. The van der Waals surface area contributed by atoms with Crippen LogP contribution in [-0.4, -0.2) is 35.8 Å². The summed E-state index contributed by atoms with van der Waals surface area (Å²) in [6, 6.07) is 16.3. The number of rotatable bonds is 2. The molecule has 2 aliphatic heterocycles. The Morgan fingerprint density at radius 1 is 1.08 bits per heavy atom. The first-order valence-corrected chi connectivity index (χ1v) is 10.5. The molecule has 1 saturated heterocycles. The molecule has 0 spiro atoms. The van der Waals surface area contributed by atoms with E-state index >= 15 is 0 Å². The van der Waals surface area contributed by atoms with Gasteiger partial charge in [0.25, 0.3) is 5.91 Å². The van der Waals surface area contributed by atoms with Gasteiger partial charge in [0.2, 0.25) is 0 Å². The number of fused-ring (bicyclic) bond motifs is 1. The highest BCUT2D eigenvalue weighted by atomic mass is 35.5. The van der Waals surface area contributed by atoms with Crippen molar-refractivity contribution in [3.8, 4) is 0 Å². The molecule has 0 saturated carbocycles. The number of ether oxygens (including phenoxy) is 1. The lowest BCUT2D eigenvalue weighted by Crippen LogP contribution is -2.43. The van der Waals surface area contributed by atoms with Gasteiger partial charge in [-0.25, -0.2) is 0 Å². The van der Waals surface area contributed by atoms with Crippen molar-refractivity contribution < 1.29 is 9.53 Å². The lowest BCUT2D eigenvalue weighted by atomic mass is 9.98. The van der Waals surface area contributed by atoms with E-state index in [4.69, 9.17) is 16.3 Å². The maximum Gasteiger partial charge on any atom is 0.252 e. The first-order valence-electron chi connectivity index (χ1n) is 9.05. The molecule has 2 heterocycles. The van der Waals surface area contributed by atoms with Crippen molar-refractivity contribution in [2.45, 2.75) is 30.8 Å². The Morgan fingerprint density at radius 3 is 2.69 bits per heavy atom. The Morgan fingerprint density at radius 2 is 1.85 bits per heavy atom. The standard InChI is InChI=1S/C21H22ClNO2S/c22-18-8-4-3-7-17(18)20-9-10-23(11-12-26-20)21(24)19-13-15-5-1-2-6-16(15)14-25-19/h1-8,19-20H,9-14H2. The van der Waals surface area contributed by atoms with E-state index in [0.29, 0.717) is 18.3 Å². The number of thioether (sulfide) groups is 1. The third-order valence-corrected chi connectivity index (χ3v) is 6.80. The highest BCUT2D eigenvalue weighted by molar-refractivity contribution is 7.99. The van der Waals surface area contributed by atoms with E-state index in [1.165, 1.54) is 16.7 Å². The minimum Gasteiger partial charge on any atom is -0.363 e. The van der Waals surface area contributed by atoms with E-state index in [9.17, 15) is 4.79 Å². The molecule has 0 radical (unpaired) electrons. The van der Waals surface area contributed by atoms with Crippen LogP contribution >= 0.6 is 23.4 Å². The Balaban J connectivity index is 1.41. The number of nitrogens with zero attached hydrogens (tertiary/aromatic N) is 1. The second-order valence-corrected chi connectivity index (χ2v) is 8.49. The fraction of sp³-hybridized carbons (Fsp3) is 0.381. The molecule has 2 aromatic carbocycles. The lowest BCUT2D eigenvalue weighted by molar-refractivity contribution is -0.145. The number of carbonyl (C=O) groups excluding carboxylic acids is 1. The van der Waals surface area contributed by atoms with Gasteiger partial charge in [0.15, 0.2) is 0 Å². The number of benzene rings is 2. The molecule has 0 aromatic heterocycles. The SMILES string of the molecule is O=C(C1Cc2ccccc2CO1)N1CCSC(c2ccccc2Cl)CC1. The van der Waals surface area contributed by atoms with Crippen molar-refractivity contribution in [3.05, 3.63) is 70.2 Å². The Hall–Kier alpha value is -1.49. The summed E-state index contributed by atoms with van der Waals surface area (Å²) in [7, 11) is 0. The van der Waals surface area contributed by atoms with Crippen LogP contribution in [0.3, 0.4) is 0 Å². The van der Waals surface area contributed by atoms with E-state index in [1.807, 2.05) is 47.0 Å². The molecule has 26 heavy (non-hydrogen) atoms. The lowest BCUT2D eigenvalue weighted by Gasteiger charge is -2.29. The van der Waals surface area contributed by atoms with Gasteiger partial charge in [-0.05, 0) is 29.2 Å². The topological polar surface area (TPSA) is 29.5 Å². The molecular formula is C21H22ClNO2S. The summed E-state index contributed by atoms with van der Waals surface area (Å²) in [6.07, 6.45) is 1.24. The van der Waals surface area contributed by atoms with Crippen LogP contribution in [0.4, 0.5) is 0 Å². The van der Waals surface area contributed by atoms with Gasteiger partial charge in [-0.1, -0.05) is 54.1 Å². The van der Waals surface area contributed by atoms with Crippen LogP contribution in [0.1, 0.15) is 28.4 Å². The second kappa shape index (κ2) is 8.03. The number of hydrogen-bond donors (Lipinski definition) is 0. The molecule has 2 unspecified atom stereocenters. The molecule has 2 aliphatic rings. The van der Waals surface area contributed by atoms with Crippen LogP contribution in [0.5, 0.6) is 0 Å². The summed E-state index contributed by atoms with van der Waals surface area (Å²) < 4.78 is 5.87. The van der Waals surface area contributed by atoms with Crippen LogP contribution < -0.4 is 0 Å². The molecule has 0 bridgehead atoms. The van der Waals surface area contributed by atoms with Crippen molar-refractivity contribution in [3.63, 3.8) is 0 Å². The van der Waals surface area contributed by atoms with Gasteiger partial charge < -0.3 is 9.64 Å². The fourth-order valence-electron chi connectivity index (χ4n) is 3.68. The molecule has 1 fully saturated rings. The molecule has 3 nitrogen and oxygen atoms in total. The quantitative estimate of drug-likeness (QED) is 0.760. The summed E-state index contributed by atoms with van der Waals surface area (Å²) in [5, 5.41) is 1.16.